The van der Waals surface area contributed by atoms with E-state index in [9.17, 15) is 0 Å². The maximum Gasteiger partial charge on any atom is 2.00 e. The second-order valence-corrected chi connectivity index (χ2v) is 16.4. The van der Waals surface area contributed by atoms with Crippen molar-refractivity contribution in [3.63, 3.8) is 0 Å². The summed E-state index contributed by atoms with van der Waals surface area (Å²) >= 11 is -2.53. The van der Waals surface area contributed by atoms with Crippen LogP contribution in [0.4, 0.5) is 0 Å². The number of aryl methyl sites for hydroxylation is 2. The molecule has 0 fully saturated rings. The molecule has 5 aromatic rings. The Morgan fingerprint density at radius 1 is 0.743 bits per heavy atom. The second kappa shape index (κ2) is 10.1. The number of fused-ring (bicyclic) bond motifs is 3. The van der Waals surface area contributed by atoms with Gasteiger partial charge in [0.1, 0.15) is 0 Å². The van der Waals surface area contributed by atoms with Crippen LogP contribution >= 0.6 is 0 Å². The Hall–Kier alpha value is -2.67. The van der Waals surface area contributed by atoms with Gasteiger partial charge >= 0.3 is 230 Å². The molecular formula is C30H21BiN2OPt. The third-order valence-corrected chi connectivity index (χ3v) is 15.1. The molecule has 5 heteroatoms. The van der Waals surface area contributed by atoms with E-state index < -0.39 is 21.8 Å². The van der Waals surface area contributed by atoms with E-state index in [-0.39, 0.29) is 21.1 Å². The maximum absolute atomic E-state index is 5.96. The fourth-order valence-corrected chi connectivity index (χ4v) is 14.2. The Labute approximate surface area is 228 Å². The molecule has 0 N–H and O–H groups in total. The van der Waals surface area contributed by atoms with Gasteiger partial charge in [0.15, 0.2) is 0 Å². The number of rotatable bonds is 4. The number of aromatic nitrogens is 2. The van der Waals surface area contributed by atoms with Gasteiger partial charge in [-0.05, 0) is 0 Å². The van der Waals surface area contributed by atoms with Crippen LogP contribution in [0.25, 0.3) is 22.3 Å². The first-order chi connectivity index (χ1) is 16.7. The molecule has 0 saturated carbocycles. The van der Waals surface area contributed by atoms with Gasteiger partial charge in [0.25, 0.3) is 0 Å². The van der Waals surface area contributed by atoms with Gasteiger partial charge in [0.2, 0.25) is 0 Å². The molecule has 3 nitrogen and oxygen atoms in total. The number of hydrogen-bond acceptors (Lipinski definition) is 3. The molecule has 0 saturated heterocycles. The predicted octanol–water partition coefficient (Wildman–Crippen LogP) is 4.65. The number of pyridine rings is 2. The van der Waals surface area contributed by atoms with E-state index in [4.69, 9.17) is 9.72 Å². The molecule has 6 rings (SSSR count). The molecular weight excluding hydrogens is 808 g/mol. The van der Waals surface area contributed by atoms with Crippen LogP contribution < -0.4 is 14.7 Å². The quantitative estimate of drug-likeness (QED) is 0.192. The van der Waals surface area contributed by atoms with Crippen molar-refractivity contribution in [2.24, 2.45) is 0 Å². The van der Waals surface area contributed by atoms with E-state index in [0.29, 0.717) is 11.6 Å². The molecule has 0 bridgehead atoms. The zero-order valence-electron chi connectivity index (χ0n) is 19.2. The Morgan fingerprint density at radius 2 is 1.60 bits per heavy atom. The second-order valence-electron chi connectivity index (χ2n) is 8.38. The number of ether oxygens (including phenoxy) is 1. The Balaban J connectivity index is 0.00000253. The Kier molecular flexibility index (Phi) is 6.96. The summed E-state index contributed by atoms with van der Waals surface area (Å²) in [7, 11) is 0. The summed E-state index contributed by atoms with van der Waals surface area (Å²) in [4.78, 5) is 9.17. The number of benzene rings is 3. The predicted molar refractivity (Wildman–Crippen MR) is 138 cm³/mol. The van der Waals surface area contributed by atoms with Gasteiger partial charge in [-0.3, -0.25) is 0 Å². The normalized spacial score (nSPS) is 11.9. The molecule has 0 unspecified atom stereocenters. The molecule has 1 aliphatic heterocycles. The average Bonchev–Trinajstić information content (AvgIpc) is 3.19. The first-order valence-corrected chi connectivity index (χ1v) is 16.4. The summed E-state index contributed by atoms with van der Waals surface area (Å²) in [6.45, 7) is 4.15. The molecule has 1 aliphatic rings. The summed E-state index contributed by atoms with van der Waals surface area (Å²) in [5.74, 6) is 1.21. The van der Waals surface area contributed by atoms with Gasteiger partial charge in [-0.25, -0.2) is 0 Å². The van der Waals surface area contributed by atoms with Crippen LogP contribution in [0.1, 0.15) is 11.1 Å². The van der Waals surface area contributed by atoms with Gasteiger partial charge in [0.05, 0.1) is 0 Å². The fraction of sp³-hybridized carbons (Fsp3) is 0.0667. The topological polar surface area (TPSA) is 35.0 Å². The minimum Gasteiger partial charge on any atom is 2.00 e. The van der Waals surface area contributed by atoms with Crippen LogP contribution in [0.3, 0.4) is 0 Å². The van der Waals surface area contributed by atoms with Crippen molar-refractivity contribution < 1.29 is 25.8 Å². The Bertz CT molecular complexity index is 1520. The van der Waals surface area contributed by atoms with Crippen molar-refractivity contribution in [3.8, 4) is 33.9 Å². The number of nitrogens with zero attached hydrogens (tertiary/aromatic N) is 2. The van der Waals surface area contributed by atoms with Crippen molar-refractivity contribution in [1.29, 1.82) is 0 Å². The molecule has 3 heterocycles. The van der Waals surface area contributed by atoms with Gasteiger partial charge in [-0.2, -0.15) is 0 Å². The first kappa shape index (κ1) is 24.0. The first-order valence-electron chi connectivity index (χ1n) is 11.2. The largest absolute Gasteiger partial charge is 2.00 e. The van der Waals surface area contributed by atoms with Crippen LogP contribution in [-0.2, 0) is 21.1 Å². The van der Waals surface area contributed by atoms with Crippen molar-refractivity contribution in [1.82, 2.24) is 9.97 Å². The van der Waals surface area contributed by atoms with E-state index >= 15 is 0 Å². The Morgan fingerprint density at radius 3 is 2.43 bits per heavy atom. The van der Waals surface area contributed by atoms with Gasteiger partial charge in [-0.1, -0.05) is 0 Å². The number of hydrogen-bond donors (Lipinski definition) is 0. The third kappa shape index (κ3) is 4.75. The van der Waals surface area contributed by atoms with E-state index in [0.717, 1.165) is 16.7 Å². The van der Waals surface area contributed by atoms with Crippen molar-refractivity contribution >= 4 is 31.7 Å². The van der Waals surface area contributed by atoms with Gasteiger partial charge < -0.3 is 0 Å². The van der Waals surface area contributed by atoms with Crippen molar-refractivity contribution in [2.75, 3.05) is 0 Å². The van der Waals surface area contributed by atoms with E-state index in [1.54, 1.807) is 6.20 Å². The van der Waals surface area contributed by atoms with Gasteiger partial charge in [0, 0.05) is 0 Å². The molecule has 3 aromatic carbocycles. The zero-order chi connectivity index (χ0) is 23.1. The molecule has 0 amide bonds. The van der Waals surface area contributed by atoms with Crippen molar-refractivity contribution in [2.45, 2.75) is 13.8 Å². The maximum atomic E-state index is 5.96. The fourth-order valence-electron chi connectivity index (χ4n) is 4.22. The molecule has 35 heavy (non-hydrogen) atoms. The molecule has 172 valence electrons. The van der Waals surface area contributed by atoms with Crippen molar-refractivity contribution in [3.05, 3.63) is 115 Å². The molecule has 0 radical (unpaired) electrons. The molecule has 0 spiro atoms. The van der Waals surface area contributed by atoms with Crippen LogP contribution in [0.2, 0.25) is 0 Å². The van der Waals surface area contributed by atoms with E-state index in [1.807, 2.05) is 37.4 Å². The monoisotopic (exact) mass is 829 g/mol. The SMILES string of the molecule is Cc1ccc(Oc2[c-]c(-c3[c-][c]4c(cc3)-c3cccc[c]3[Bi]4[c]3cc(C)ccn3)ccc2)nc1.[Pt+2]. The van der Waals surface area contributed by atoms with Crippen LogP contribution in [0.15, 0.2) is 91.3 Å². The van der Waals surface area contributed by atoms with Crippen LogP contribution in [0.5, 0.6) is 11.6 Å². The third-order valence-electron chi connectivity index (χ3n) is 5.87. The zero-order valence-corrected chi connectivity index (χ0v) is 25.0. The summed E-state index contributed by atoms with van der Waals surface area (Å²) in [6.07, 6.45) is 3.75. The summed E-state index contributed by atoms with van der Waals surface area (Å²) in [5.41, 5.74) is 6.99. The minimum atomic E-state index is -2.53. The summed E-state index contributed by atoms with van der Waals surface area (Å²) in [6, 6.07) is 34.6. The molecule has 2 aromatic heterocycles. The summed E-state index contributed by atoms with van der Waals surface area (Å²) in [5, 5.41) is 0. The van der Waals surface area contributed by atoms with Crippen LogP contribution in [0, 0.1) is 26.0 Å². The van der Waals surface area contributed by atoms with Gasteiger partial charge in [-0.15, -0.1) is 0 Å². The molecule has 0 aliphatic carbocycles. The standard InChI is InChI=1S/C24H15NO.C6H6N.Bi.Pt/c1-18-10-15-24(25-17-18)26-23-9-5-8-22(16-23)21-13-11-20(12-14-21)19-6-3-2-4-7-19;1-6-2-4-7-5-3-6;;/h2-6,8-11,13,15,17H,1H3;2-4H,1H3;;/q-2;;;+2. The summed E-state index contributed by atoms with van der Waals surface area (Å²) < 4.78 is 10.0. The van der Waals surface area contributed by atoms with E-state index in [1.165, 1.54) is 26.6 Å². The smallest absolute Gasteiger partial charge is 2.00 e. The average molecular weight is 830 g/mol. The minimum absolute atomic E-state index is 0. The van der Waals surface area contributed by atoms with Crippen LogP contribution in [-0.4, -0.2) is 31.7 Å². The van der Waals surface area contributed by atoms with E-state index in [2.05, 4.69) is 78.6 Å². The molecule has 0 atom stereocenters.